The molecule has 0 bridgehead atoms. The highest BCUT2D eigenvalue weighted by Crippen LogP contribution is 2.37. The number of fused-ring (bicyclic) bond motifs is 1. The number of alkyl halides is 1. The van der Waals surface area contributed by atoms with E-state index < -0.39 is 0 Å². The molecule has 2 aromatic rings. The van der Waals surface area contributed by atoms with Crippen LogP contribution in [0.3, 0.4) is 0 Å². The molecular formula is C15H12Br2O2. The van der Waals surface area contributed by atoms with Gasteiger partial charge in [-0.15, -0.1) is 0 Å². The molecule has 0 spiro atoms. The number of hydrogen-bond acceptors (Lipinski definition) is 2. The predicted molar refractivity (Wildman–Crippen MR) is 82.3 cm³/mol. The first-order valence-corrected chi connectivity index (χ1v) is 7.74. The Morgan fingerprint density at radius 3 is 2.21 bits per heavy atom. The Labute approximate surface area is 129 Å². The first-order valence-electron chi connectivity index (χ1n) is 6.03. The number of benzene rings is 2. The number of rotatable bonds is 2. The highest BCUT2D eigenvalue weighted by molar-refractivity contribution is 9.10. The summed E-state index contributed by atoms with van der Waals surface area (Å²) in [4.78, 5) is 0.149. The third-order valence-corrected chi connectivity index (χ3v) is 4.61. The molecule has 3 rings (SSSR count). The monoisotopic (exact) mass is 382 g/mol. The van der Waals surface area contributed by atoms with Gasteiger partial charge >= 0.3 is 0 Å². The Morgan fingerprint density at radius 2 is 1.47 bits per heavy atom. The zero-order chi connectivity index (χ0) is 13.2. The van der Waals surface area contributed by atoms with Gasteiger partial charge < -0.3 is 9.47 Å². The molecule has 98 valence electrons. The highest BCUT2D eigenvalue weighted by Gasteiger charge is 2.16. The van der Waals surface area contributed by atoms with Crippen molar-refractivity contribution in [2.24, 2.45) is 0 Å². The summed E-state index contributed by atoms with van der Waals surface area (Å²) in [6.45, 7) is 1.23. The van der Waals surface area contributed by atoms with Crippen LogP contribution in [0.1, 0.15) is 16.0 Å². The van der Waals surface area contributed by atoms with Crippen LogP contribution in [-0.4, -0.2) is 13.2 Å². The summed E-state index contributed by atoms with van der Waals surface area (Å²) < 4.78 is 12.2. The Morgan fingerprint density at radius 1 is 0.842 bits per heavy atom. The van der Waals surface area contributed by atoms with Crippen molar-refractivity contribution < 1.29 is 9.47 Å². The summed E-state index contributed by atoms with van der Waals surface area (Å²) >= 11 is 7.18. The third kappa shape index (κ3) is 2.79. The van der Waals surface area contributed by atoms with Crippen LogP contribution in [0.2, 0.25) is 0 Å². The van der Waals surface area contributed by atoms with Crippen LogP contribution in [0.15, 0.2) is 46.9 Å². The van der Waals surface area contributed by atoms with Gasteiger partial charge in [0.15, 0.2) is 11.5 Å². The lowest BCUT2D eigenvalue weighted by molar-refractivity contribution is 0.171. The average Bonchev–Trinajstić information content (AvgIpc) is 2.47. The van der Waals surface area contributed by atoms with Crippen molar-refractivity contribution in [3.8, 4) is 11.5 Å². The molecule has 0 saturated carbocycles. The molecule has 4 heteroatoms. The van der Waals surface area contributed by atoms with Gasteiger partial charge in [-0.05, 0) is 35.4 Å². The van der Waals surface area contributed by atoms with E-state index in [2.05, 4.69) is 50.1 Å². The fourth-order valence-corrected chi connectivity index (χ4v) is 2.90. The molecule has 1 heterocycles. The third-order valence-electron chi connectivity index (χ3n) is 3.02. The maximum atomic E-state index is 5.62. The minimum atomic E-state index is 0.149. The quantitative estimate of drug-likeness (QED) is 0.699. The van der Waals surface area contributed by atoms with E-state index in [1.165, 1.54) is 5.56 Å². The molecule has 0 saturated heterocycles. The van der Waals surface area contributed by atoms with E-state index in [1.807, 2.05) is 24.3 Å². The Hall–Kier alpha value is -1.00. The SMILES string of the molecule is Brc1ccc(C(Br)c2ccc3c(c2)OCCO3)cc1. The molecule has 1 aliphatic rings. The molecule has 0 fully saturated rings. The first kappa shape index (κ1) is 13.0. The van der Waals surface area contributed by atoms with Crippen LogP contribution < -0.4 is 9.47 Å². The van der Waals surface area contributed by atoms with Gasteiger partial charge in [0.2, 0.25) is 0 Å². The number of hydrogen-bond donors (Lipinski definition) is 0. The second kappa shape index (κ2) is 5.55. The van der Waals surface area contributed by atoms with Gasteiger partial charge in [-0.3, -0.25) is 0 Å². The van der Waals surface area contributed by atoms with Crippen LogP contribution in [-0.2, 0) is 0 Å². The van der Waals surface area contributed by atoms with Crippen molar-refractivity contribution >= 4 is 31.9 Å². The van der Waals surface area contributed by atoms with Gasteiger partial charge in [-0.2, -0.15) is 0 Å². The summed E-state index contributed by atoms with van der Waals surface area (Å²) in [5, 5.41) is 0. The largest absolute Gasteiger partial charge is 0.486 e. The lowest BCUT2D eigenvalue weighted by Gasteiger charge is -2.20. The molecule has 0 radical (unpaired) electrons. The van der Waals surface area contributed by atoms with E-state index in [4.69, 9.17) is 9.47 Å². The fraction of sp³-hybridized carbons (Fsp3) is 0.200. The van der Waals surface area contributed by atoms with E-state index >= 15 is 0 Å². The molecule has 2 aromatic carbocycles. The Balaban J connectivity index is 1.91. The smallest absolute Gasteiger partial charge is 0.161 e. The first-order chi connectivity index (χ1) is 9.24. The van der Waals surface area contributed by atoms with Gasteiger partial charge in [0, 0.05) is 4.47 Å². The normalized spacial score (nSPS) is 15.1. The van der Waals surface area contributed by atoms with Crippen molar-refractivity contribution in [1.82, 2.24) is 0 Å². The van der Waals surface area contributed by atoms with Gasteiger partial charge in [-0.1, -0.05) is 50.1 Å². The molecule has 1 aliphatic heterocycles. The van der Waals surface area contributed by atoms with E-state index in [-0.39, 0.29) is 4.83 Å². The topological polar surface area (TPSA) is 18.5 Å². The molecular weight excluding hydrogens is 372 g/mol. The summed E-state index contributed by atoms with van der Waals surface area (Å²) in [6, 6.07) is 14.4. The van der Waals surface area contributed by atoms with Crippen molar-refractivity contribution in [1.29, 1.82) is 0 Å². The Kier molecular flexibility index (Phi) is 3.80. The standard InChI is InChI=1S/C15H12Br2O2/c16-12-4-1-10(2-5-12)15(17)11-3-6-13-14(9-11)19-8-7-18-13/h1-6,9,15H,7-8H2. The molecule has 0 aromatic heterocycles. The van der Waals surface area contributed by atoms with E-state index in [0.717, 1.165) is 21.5 Å². The van der Waals surface area contributed by atoms with Gasteiger partial charge in [0.1, 0.15) is 13.2 Å². The molecule has 0 aliphatic carbocycles. The zero-order valence-corrected chi connectivity index (χ0v) is 13.3. The van der Waals surface area contributed by atoms with Crippen molar-refractivity contribution in [2.45, 2.75) is 4.83 Å². The molecule has 0 amide bonds. The molecule has 19 heavy (non-hydrogen) atoms. The van der Waals surface area contributed by atoms with Crippen LogP contribution in [0.5, 0.6) is 11.5 Å². The van der Waals surface area contributed by atoms with Crippen molar-refractivity contribution in [2.75, 3.05) is 13.2 Å². The van der Waals surface area contributed by atoms with E-state index in [0.29, 0.717) is 13.2 Å². The van der Waals surface area contributed by atoms with Gasteiger partial charge in [-0.25, -0.2) is 0 Å². The van der Waals surface area contributed by atoms with Crippen molar-refractivity contribution in [3.05, 3.63) is 58.1 Å². The summed E-state index contributed by atoms with van der Waals surface area (Å²) in [6.07, 6.45) is 0. The van der Waals surface area contributed by atoms with Crippen LogP contribution in [0.4, 0.5) is 0 Å². The maximum absolute atomic E-state index is 5.62. The van der Waals surface area contributed by atoms with Crippen LogP contribution in [0.25, 0.3) is 0 Å². The van der Waals surface area contributed by atoms with Crippen LogP contribution in [0, 0.1) is 0 Å². The second-order valence-electron chi connectivity index (χ2n) is 4.32. The molecule has 1 atom stereocenters. The number of ether oxygens (including phenoxy) is 2. The highest BCUT2D eigenvalue weighted by atomic mass is 79.9. The summed E-state index contributed by atoms with van der Waals surface area (Å²) in [5.41, 5.74) is 2.37. The number of halogens is 2. The average molecular weight is 384 g/mol. The lowest BCUT2D eigenvalue weighted by atomic mass is 10.0. The fourth-order valence-electron chi connectivity index (χ4n) is 2.04. The van der Waals surface area contributed by atoms with Crippen molar-refractivity contribution in [3.63, 3.8) is 0 Å². The van der Waals surface area contributed by atoms with Crippen LogP contribution >= 0.6 is 31.9 Å². The summed E-state index contributed by atoms with van der Waals surface area (Å²) in [5.74, 6) is 1.65. The molecule has 1 unspecified atom stereocenters. The molecule has 2 nitrogen and oxygen atoms in total. The van der Waals surface area contributed by atoms with E-state index in [9.17, 15) is 0 Å². The zero-order valence-electron chi connectivity index (χ0n) is 10.1. The minimum Gasteiger partial charge on any atom is -0.486 e. The predicted octanol–water partition coefficient (Wildman–Crippen LogP) is 4.70. The van der Waals surface area contributed by atoms with Gasteiger partial charge in [0.05, 0.1) is 4.83 Å². The maximum Gasteiger partial charge on any atom is 0.161 e. The second-order valence-corrected chi connectivity index (χ2v) is 6.15. The lowest BCUT2D eigenvalue weighted by Crippen LogP contribution is -2.15. The Bertz CT molecular complexity index is 581. The van der Waals surface area contributed by atoms with Gasteiger partial charge in [0.25, 0.3) is 0 Å². The summed E-state index contributed by atoms with van der Waals surface area (Å²) in [7, 11) is 0. The van der Waals surface area contributed by atoms with E-state index in [1.54, 1.807) is 0 Å². The minimum absolute atomic E-state index is 0.149. The molecule has 0 N–H and O–H groups in total.